The summed E-state index contributed by atoms with van der Waals surface area (Å²) >= 11 is 0. The first-order valence-corrected chi connectivity index (χ1v) is 9.39. The third-order valence-corrected chi connectivity index (χ3v) is 5.57. The fourth-order valence-corrected chi connectivity index (χ4v) is 4.18. The minimum absolute atomic E-state index is 0.106. The number of fused-ring (bicyclic) bond motifs is 1. The third-order valence-electron chi connectivity index (χ3n) is 3.91. The van der Waals surface area contributed by atoms with Crippen LogP contribution in [0.15, 0.2) is 53.4 Å². The largest absolute Gasteiger partial charge is 0.308 e. The number of rotatable bonds is 4. The summed E-state index contributed by atoms with van der Waals surface area (Å²) in [4.78, 5) is 14.6. The average molecular weight is 344 g/mol. The molecule has 0 atom stereocenters. The maximum Gasteiger partial charge on any atom is 0.258 e. The van der Waals surface area contributed by atoms with Gasteiger partial charge in [-0.3, -0.25) is 4.79 Å². The highest BCUT2D eigenvalue weighted by atomic mass is 32.2. The van der Waals surface area contributed by atoms with Crippen LogP contribution in [0.1, 0.15) is 29.8 Å². The second-order valence-corrected chi connectivity index (χ2v) is 7.85. The van der Waals surface area contributed by atoms with Gasteiger partial charge < -0.3 is 4.90 Å². The summed E-state index contributed by atoms with van der Waals surface area (Å²) in [5.74, 6) is -0.179. The molecule has 1 N–H and O–H groups in total. The molecular weight excluding hydrogens is 324 g/mol. The van der Waals surface area contributed by atoms with Crippen LogP contribution >= 0.6 is 0 Å². The molecule has 1 aliphatic heterocycles. The van der Waals surface area contributed by atoms with Gasteiger partial charge in [-0.1, -0.05) is 24.3 Å². The number of nitrogens with one attached hydrogen (secondary N) is 1. The standard InChI is InChI=1S/C18H20N2O3S/c1-13(2)19-24(22,23)16-8-5-7-15(12-16)18(21)20-11-10-14-6-3-4-9-17(14)20/h3-9,12-13,19H,10-11H2,1-2H3. The van der Waals surface area contributed by atoms with Crippen LogP contribution in [0.2, 0.25) is 0 Å². The molecule has 0 aliphatic carbocycles. The van der Waals surface area contributed by atoms with Crippen molar-refractivity contribution in [3.63, 3.8) is 0 Å². The lowest BCUT2D eigenvalue weighted by Gasteiger charge is -2.18. The van der Waals surface area contributed by atoms with Crippen molar-refractivity contribution in [1.29, 1.82) is 0 Å². The molecule has 0 fully saturated rings. The summed E-state index contributed by atoms with van der Waals surface area (Å²) in [6.07, 6.45) is 0.814. The van der Waals surface area contributed by atoms with Crippen LogP contribution < -0.4 is 9.62 Å². The zero-order valence-corrected chi connectivity index (χ0v) is 14.5. The molecule has 3 rings (SSSR count). The first-order chi connectivity index (χ1) is 11.4. The molecular formula is C18H20N2O3S. The molecule has 24 heavy (non-hydrogen) atoms. The number of carbonyl (C=O) groups is 1. The Kier molecular flexibility index (Phi) is 4.43. The van der Waals surface area contributed by atoms with E-state index in [4.69, 9.17) is 0 Å². The summed E-state index contributed by atoms with van der Waals surface area (Å²) in [7, 11) is -3.62. The van der Waals surface area contributed by atoms with Crippen LogP contribution in [-0.2, 0) is 16.4 Å². The lowest BCUT2D eigenvalue weighted by molar-refractivity contribution is 0.0989. The molecule has 0 aromatic heterocycles. The highest BCUT2D eigenvalue weighted by molar-refractivity contribution is 7.89. The number of hydrogen-bond acceptors (Lipinski definition) is 3. The van der Waals surface area contributed by atoms with Crippen molar-refractivity contribution >= 4 is 21.6 Å². The molecule has 0 radical (unpaired) electrons. The van der Waals surface area contributed by atoms with Gasteiger partial charge in [0, 0.05) is 23.8 Å². The molecule has 5 nitrogen and oxygen atoms in total. The van der Waals surface area contributed by atoms with Gasteiger partial charge in [-0.15, -0.1) is 0 Å². The van der Waals surface area contributed by atoms with Crippen LogP contribution in [0, 0.1) is 0 Å². The summed E-state index contributed by atoms with van der Waals surface area (Å²) in [5, 5.41) is 0. The normalized spacial score (nSPS) is 14.0. The highest BCUT2D eigenvalue weighted by Gasteiger charge is 2.26. The molecule has 2 aromatic carbocycles. The van der Waals surface area contributed by atoms with E-state index in [2.05, 4.69) is 4.72 Å². The van der Waals surface area contributed by atoms with Crippen molar-refractivity contribution in [3.05, 3.63) is 59.7 Å². The van der Waals surface area contributed by atoms with Gasteiger partial charge in [0.1, 0.15) is 0 Å². The van der Waals surface area contributed by atoms with E-state index in [0.717, 1.165) is 17.7 Å². The molecule has 0 bridgehead atoms. The van der Waals surface area contributed by atoms with Gasteiger partial charge in [0.25, 0.3) is 5.91 Å². The minimum atomic E-state index is -3.62. The van der Waals surface area contributed by atoms with E-state index in [0.29, 0.717) is 12.1 Å². The molecule has 0 saturated heterocycles. The van der Waals surface area contributed by atoms with Gasteiger partial charge in [0.2, 0.25) is 10.0 Å². The number of anilines is 1. The Morgan fingerprint density at radius 3 is 2.62 bits per heavy atom. The molecule has 0 spiro atoms. The lowest BCUT2D eigenvalue weighted by Crippen LogP contribution is -2.31. The smallest absolute Gasteiger partial charge is 0.258 e. The molecule has 0 unspecified atom stereocenters. The Balaban J connectivity index is 1.91. The highest BCUT2D eigenvalue weighted by Crippen LogP contribution is 2.29. The van der Waals surface area contributed by atoms with Crippen molar-refractivity contribution in [3.8, 4) is 0 Å². The van der Waals surface area contributed by atoms with Gasteiger partial charge in [0.05, 0.1) is 4.90 Å². The van der Waals surface area contributed by atoms with Crippen LogP contribution in [0.25, 0.3) is 0 Å². The number of sulfonamides is 1. The van der Waals surface area contributed by atoms with Crippen LogP contribution in [0.4, 0.5) is 5.69 Å². The van der Waals surface area contributed by atoms with Crippen LogP contribution in [0.3, 0.4) is 0 Å². The summed E-state index contributed by atoms with van der Waals surface area (Å²) in [6.45, 7) is 4.13. The van der Waals surface area contributed by atoms with E-state index >= 15 is 0 Å². The maximum atomic E-state index is 12.8. The number of amides is 1. The summed E-state index contributed by atoms with van der Waals surface area (Å²) in [5.41, 5.74) is 2.41. The number of benzene rings is 2. The molecule has 1 amide bonds. The summed E-state index contributed by atoms with van der Waals surface area (Å²) < 4.78 is 27.1. The Morgan fingerprint density at radius 1 is 1.12 bits per heavy atom. The Labute approximate surface area is 142 Å². The Hall–Kier alpha value is -2.18. The SMILES string of the molecule is CC(C)NS(=O)(=O)c1cccc(C(=O)N2CCc3ccccc32)c1. The zero-order chi connectivity index (χ0) is 17.3. The number of nitrogens with zero attached hydrogens (tertiary/aromatic N) is 1. The zero-order valence-electron chi connectivity index (χ0n) is 13.7. The second kappa shape index (κ2) is 6.37. The molecule has 6 heteroatoms. The van der Waals surface area contributed by atoms with E-state index in [1.807, 2.05) is 24.3 Å². The number of hydrogen-bond donors (Lipinski definition) is 1. The average Bonchev–Trinajstić information content (AvgIpc) is 2.97. The summed E-state index contributed by atoms with van der Waals surface area (Å²) in [6, 6.07) is 13.8. The minimum Gasteiger partial charge on any atom is -0.308 e. The van der Waals surface area contributed by atoms with Crippen LogP contribution in [-0.4, -0.2) is 26.9 Å². The van der Waals surface area contributed by atoms with Crippen molar-refractivity contribution in [2.45, 2.75) is 31.2 Å². The van der Waals surface area contributed by atoms with Gasteiger partial charge in [-0.25, -0.2) is 13.1 Å². The first-order valence-electron chi connectivity index (χ1n) is 7.90. The fraction of sp³-hybridized carbons (Fsp3) is 0.278. The molecule has 1 heterocycles. The molecule has 2 aromatic rings. The van der Waals surface area contributed by atoms with E-state index in [-0.39, 0.29) is 16.8 Å². The third kappa shape index (κ3) is 3.20. The van der Waals surface area contributed by atoms with E-state index < -0.39 is 10.0 Å². The van der Waals surface area contributed by atoms with Crippen LogP contribution in [0.5, 0.6) is 0 Å². The first kappa shape index (κ1) is 16.7. The monoisotopic (exact) mass is 344 g/mol. The van der Waals surface area contributed by atoms with Gasteiger partial charge >= 0.3 is 0 Å². The Bertz CT molecular complexity index is 875. The molecule has 0 saturated carbocycles. The Morgan fingerprint density at radius 2 is 1.88 bits per heavy atom. The van der Waals surface area contributed by atoms with Crippen molar-refractivity contribution in [2.24, 2.45) is 0 Å². The van der Waals surface area contributed by atoms with Crippen molar-refractivity contribution < 1.29 is 13.2 Å². The predicted molar refractivity (Wildman–Crippen MR) is 93.7 cm³/mol. The topological polar surface area (TPSA) is 66.5 Å². The lowest BCUT2D eigenvalue weighted by atomic mass is 10.1. The predicted octanol–water partition coefficient (Wildman–Crippen LogP) is 2.58. The molecule has 1 aliphatic rings. The van der Waals surface area contributed by atoms with Crippen molar-refractivity contribution in [1.82, 2.24) is 4.72 Å². The number of carbonyl (C=O) groups excluding carboxylic acids is 1. The van der Waals surface area contributed by atoms with Gasteiger partial charge in [-0.2, -0.15) is 0 Å². The maximum absolute atomic E-state index is 12.8. The van der Waals surface area contributed by atoms with Crippen molar-refractivity contribution in [2.75, 3.05) is 11.4 Å². The van der Waals surface area contributed by atoms with E-state index in [9.17, 15) is 13.2 Å². The number of para-hydroxylation sites is 1. The quantitative estimate of drug-likeness (QED) is 0.927. The fourth-order valence-electron chi connectivity index (χ4n) is 2.88. The second-order valence-electron chi connectivity index (χ2n) is 6.14. The molecule has 126 valence electrons. The van der Waals surface area contributed by atoms with Gasteiger partial charge in [0.15, 0.2) is 0 Å². The van der Waals surface area contributed by atoms with E-state index in [1.54, 1.807) is 30.9 Å². The van der Waals surface area contributed by atoms with E-state index in [1.165, 1.54) is 12.1 Å². The van der Waals surface area contributed by atoms with Gasteiger partial charge in [-0.05, 0) is 50.1 Å².